The number of rotatable bonds is 4. The van der Waals surface area contributed by atoms with Crippen LogP contribution in [0, 0.1) is 0 Å². The van der Waals surface area contributed by atoms with Gasteiger partial charge in [-0.3, -0.25) is 0 Å². The lowest BCUT2D eigenvalue weighted by atomic mass is 10.0. The lowest BCUT2D eigenvalue weighted by Gasteiger charge is -2.09. The third-order valence-corrected chi connectivity index (χ3v) is 9.29. The van der Waals surface area contributed by atoms with Crippen molar-refractivity contribution in [3.63, 3.8) is 0 Å². The number of furan rings is 1. The van der Waals surface area contributed by atoms with Gasteiger partial charge < -0.3 is 4.42 Å². The Morgan fingerprint density at radius 2 is 1.00 bits per heavy atom. The molecule has 4 nitrogen and oxygen atoms in total. The van der Waals surface area contributed by atoms with Crippen molar-refractivity contribution in [3.8, 4) is 45.3 Å². The van der Waals surface area contributed by atoms with Gasteiger partial charge in [-0.1, -0.05) is 103 Å². The highest BCUT2D eigenvalue weighted by Crippen LogP contribution is 2.40. The summed E-state index contributed by atoms with van der Waals surface area (Å²) >= 11 is 1.79. The highest BCUT2D eigenvalue weighted by molar-refractivity contribution is 7.25. The van der Waals surface area contributed by atoms with E-state index in [1.165, 1.54) is 20.2 Å². The molecular formula is C39H23N3OS. The second-order valence-electron chi connectivity index (χ2n) is 10.8. The molecule has 3 heterocycles. The van der Waals surface area contributed by atoms with Gasteiger partial charge >= 0.3 is 0 Å². The molecule has 0 spiro atoms. The molecule has 0 amide bonds. The largest absolute Gasteiger partial charge is 0.456 e. The van der Waals surface area contributed by atoms with Crippen molar-refractivity contribution >= 4 is 53.4 Å². The fourth-order valence-electron chi connectivity index (χ4n) is 6.03. The van der Waals surface area contributed by atoms with Crippen molar-refractivity contribution in [1.29, 1.82) is 0 Å². The van der Waals surface area contributed by atoms with E-state index in [9.17, 15) is 0 Å². The van der Waals surface area contributed by atoms with E-state index in [1.807, 2.05) is 42.5 Å². The molecule has 0 aliphatic rings. The monoisotopic (exact) mass is 581 g/mol. The van der Waals surface area contributed by atoms with Gasteiger partial charge in [0.05, 0.1) is 0 Å². The Hall–Kier alpha value is -5.65. The van der Waals surface area contributed by atoms with Gasteiger partial charge in [0.2, 0.25) is 0 Å². The topological polar surface area (TPSA) is 51.8 Å². The molecule has 0 radical (unpaired) electrons. The van der Waals surface area contributed by atoms with Crippen LogP contribution in [0.25, 0.3) is 87.4 Å². The Morgan fingerprint density at radius 1 is 0.409 bits per heavy atom. The molecule has 0 aliphatic carbocycles. The summed E-state index contributed by atoms with van der Waals surface area (Å²) in [6, 6.07) is 48.0. The molecular weight excluding hydrogens is 559 g/mol. The van der Waals surface area contributed by atoms with Crippen molar-refractivity contribution in [3.05, 3.63) is 140 Å². The van der Waals surface area contributed by atoms with Crippen LogP contribution in [-0.2, 0) is 0 Å². The first-order chi connectivity index (χ1) is 21.8. The predicted octanol–water partition coefficient (Wildman–Crippen LogP) is 10.8. The average molecular weight is 582 g/mol. The van der Waals surface area contributed by atoms with Crippen LogP contribution < -0.4 is 0 Å². The summed E-state index contributed by atoms with van der Waals surface area (Å²) in [4.78, 5) is 15.1. The summed E-state index contributed by atoms with van der Waals surface area (Å²) in [5.74, 6) is 1.90. The smallest absolute Gasteiger partial charge is 0.164 e. The molecule has 0 saturated heterocycles. The maximum Gasteiger partial charge on any atom is 0.164 e. The van der Waals surface area contributed by atoms with Crippen LogP contribution in [0.2, 0.25) is 0 Å². The first-order valence-electron chi connectivity index (χ1n) is 14.5. The van der Waals surface area contributed by atoms with Crippen molar-refractivity contribution in [2.75, 3.05) is 0 Å². The quantitative estimate of drug-likeness (QED) is 0.207. The summed E-state index contributed by atoms with van der Waals surface area (Å²) in [6.45, 7) is 0. The third-order valence-electron chi connectivity index (χ3n) is 8.15. The van der Waals surface area contributed by atoms with Gasteiger partial charge in [-0.05, 0) is 47.5 Å². The fourth-order valence-corrected chi connectivity index (χ4v) is 7.16. The van der Waals surface area contributed by atoms with E-state index in [1.54, 1.807) is 11.3 Å². The summed E-state index contributed by atoms with van der Waals surface area (Å²) in [5.41, 5.74) is 6.77. The molecule has 0 saturated carbocycles. The predicted molar refractivity (Wildman–Crippen MR) is 182 cm³/mol. The number of fused-ring (bicyclic) bond motifs is 6. The highest BCUT2D eigenvalue weighted by atomic mass is 32.1. The van der Waals surface area contributed by atoms with Gasteiger partial charge in [0.1, 0.15) is 11.2 Å². The lowest BCUT2D eigenvalue weighted by molar-refractivity contribution is 0.669. The van der Waals surface area contributed by atoms with Crippen LogP contribution in [0.3, 0.4) is 0 Å². The summed E-state index contributed by atoms with van der Waals surface area (Å²) in [5, 5.41) is 4.54. The second kappa shape index (κ2) is 9.97. The molecule has 44 heavy (non-hydrogen) atoms. The van der Waals surface area contributed by atoms with Gasteiger partial charge in [-0.25, -0.2) is 15.0 Å². The normalized spacial score (nSPS) is 11.6. The van der Waals surface area contributed by atoms with Crippen molar-refractivity contribution < 1.29 is 4.42 Å². The van der Waals surface area contributed by atoms with Gasteiger partial charge in [0.25, 0.3) is 0 Å². The van der Waals surface area contributed by atoms with E-state index >= 15 is 0 Å². The molecule has 9 aromatic rings. The van der Waals surface area contributed by atoms with Crippen LogP contribution in [0.5, 0.6) is 0 Å². The van der Waals surface area contributed by atoms with Crippen LogP contribution in [0.1, 0.15) is 0 Å². The van der Waals surface area contributed by atoms with E-state index in [2.05, 4.69) is 97.1 Å². The Balaban J connectivity index is 1.23. The minimum absolute atomic E-state index is 0.609. The number of hydrogen-bond donors (Lipinski definition) is 0. The van der Waals surface area contributed by atoms with E-state index in [0.717, 1.165) is 49.8 Å². The molecule has 0 aliphatic heterocycles. The van der Waals surface area contributed by atoms with E-state index < -0.39 is 0 Å². The molecule has 0 bridgehead atoms. The maximum absolute atomic E-state index is 6.43. The van der Waals surface area contributed by atoms with Crippen molar-refractivity contribution in [2.45, 2.75) is 0 Å². The van der Waals surface area contributed by atoms with Gasteiger partial charge in [0, 0.05) is 47.6 Å². The zero-order valence-electron chi connectivity index (χ0n) is 23.4. The first-order valence-corrected chi connectivity index (χ1v) is 15.3. The van der Waals surface area contributed by atoms with E-state index in [4.69, 9.17) is 19.4 Å². The maximum atomic E-state index is 6.43. The number of thiophene rings is 1. The molecule has 0 fully saturated rings. The van der Waals surface area contributed by atoms with Gasteiger partial charge in [-0.15, -0.1) is 11.3 Å². The molecule has 0 atom stereocenters. The molecule has 9 rings (SSSR count). The van der Waals surface area contributed by atoms with Crippen molar-refractivity contribution in [1.82, 2.24) is 15.0 Å². The summed E-state index contributed by atoms with van der Waals surface area (Å²) < 4.78 is 8.89. The standard InChI is InChI=1S/C39H23N3OS/c1-3-10-24(11-4-1)26-18-20-28-29-21-19-27(23-33(29)43-32(28)22-26)38-40-37(25-12-5-2-6-13-25)41-39(42-38)31-15-9-17-35-36(31)30-14-7-8-16-34(30)44-35/h1-23H. The fraction of sp³-hybridized carbons (Fsp3) is 0. The average Bonchev–Trinajstić information content (AvgIpc) is 3.66. The van der Waals surface area contributed by atoms with Crippen LogP contribution in [-0.4, -0.2) is 15.0 Å². The van der Waals surface area contributed by atoms with Crippen LogP contribution in [0.4, 0.5) is 0 Å². The minimum Gasteiger partial charge on any atom is -0.456 e. The third kappa shape index (κ3) is 4.09. The lowest BCUT2D eigenvalue weighted by Crippen LogP contribution is -2.00. The Morgan fingerprint density at radius 3 is 1.77 bits per heavy atom. The Bertz CT molecular complexity index is 2500. The number of aromatic nitrogens is 3. The van der Waals surface area contributed by atoms with Crippen molar-refractivity contribution in [2.24, 2.45) is 0 Å². The minimum atomic E-state index is 0.609. The van der Waals surface area contributed by atoms with Crippen LogP contribution >= 0.6 is 11.3 Å². The molecule has 0 unspecified atom stereocenters. The molecule has 5 heteroatoms. The van der Waals surface area contributed by atoms with Gasteiger partial charge in [-0.2, -0.15) is 0 Å². The molecule has 3 aromatic heterocycles. The highest BCUT2D eigenvalue weighted by Gasteiger charge is 2.18. The summed E-state index contributed by atoms with van der Waals surface area (Å²) in [6.07, 6.45) is 0. The number of hydrogen-bond acceptors (Lipinski definition) is 5. The first kappa shape index (κ1) is 24.9. The zero-order valence-corrected chi connectivity index (χ0v) is 24.3. The summed E-state index contributed by atoms with van der Waals surface area (Å²) in [7, 11) is 0. The van der Waals surface area contributed by atoms with E-state index in [0.29, 0.717) is 17.5 Å². The second-order valence-corrected chi connectivity index (χ2v) is 11.9. The Labute approximate surface area is 256 Å². The van der Waals surface area contributed by atoms with Crippen LogP contribution in [0.15, 0.2) is 144 Å². The Kier molecular flexibility index (Phi) is 5.64. The number of benzene rings is 6. The SMILES string of the molecule is c1ccc(-c2ccc3c(c2)oc2cc(-c4nc(-c5ccccc5)nc(-c5cccc6sc7ccccc7c56)n4)ccc23)cc1. The molecule has 0 N–H and O–H groups in total. The molecule has 206 valence electrons. The molecule has 6 aromatic carbocycles. The number of nitrogens with zero attached hydrogens (tertiary/aromatic N) is 3. The van der Waals surface area contributed by atoms with Gasteiger partial charge in [0.15, 0.2) is 17.5 Å². The zero-order chi connectivity index (χ0) is 29.0. The van der Waals surface area contributed by atoms with E-state index in [-0.39, 0.29) is 0 Å².